The standard InChI is InChI=1S/C17H24BrN3/c1-11-7-12(2)15(14(18)8-11)19-9-13-10-21(6)20-16(13)17(3,4)5/h7-8,10,19H,9H2,1-6H3. The van der Waals surface area contributed by atoms with Crippen LogP contribution in [0.5, 0.6) is 0 Å². The van der Waals surface area contributed by atoms with Crippen LogP contribution < -0.4 is 5.32 Å². The molecule has 4 heteroatoms. The Morgan fingerprint density at radius 3 is 2.48 bits per heavy atom. The molecule has 0 unspecified atom stereocenters. The van der Waals surface area contributed by atoms with Crippen LogP contribution in [0.2, 0.25) is 0 Å². The van der Waals surface area contributed by atoms with Gasteiger partial charge in [0.2, 0.25) is 0 Å². The van der Waals surface area contributed by atoms with Crippen molar-refractivity contribution >= 4 is 21.6 Å². The number of nitrogens with zero attached hydrogens (tertiary/aromatic N) is 2. The third kappa shape index (κ3) is 3.67. The van der Waals surface area contributed by atoms with E-state index < -0.39 is 0 Å². The number of hydrogen-bond acceptors (Lipinski definition) is 2. The predicted octanol–water partition coefficient (Wildman–Crippen LogP) is 4.71. The molecule has 0 spiro atoms. The van der Waals surface area contributed by atoms with Crippen LogP contribution in [0.15, 0.2) is 22.8 Å². The van der Waals surface area contributed by atoms with E-state index >= 15 is 0 Å². The Kier molecular flexibility index (Phi) is 4.47. The lowest BCUT2D eigenvalue weighted by molar-refractivity contribution is 0.549. The monoisotopic (exact) mass is 349 g/mol. The van der Waals surface area contributed by atoms with Crippen molar-refractivity contribution in [1.82, 2.24) is 9.78 Å². The van der Waals surface area contributed by atoms with Gasteiger partial charge in [0.1, 0.15) is 0 Å². The zero-order valence-electron chi connectivity index (χ0n) is 13.7. The molecule has 1 N–H and O–H groups in total. The minimum absolute atomic E-state index is 0.0534. The molecule has 21 heavy (non-hydrogen) atoms. The van der Waals surface area contributed by atoms with Crippen LogP contribution >= 0.6 is 15.9 Å². The average molecular weight is 350 g/mol. The molecule has 3 nitrogen and oxygen atoms in total. The third-order valence-corrected chi connectivity index (χ3v) is 4.13. The Hall–Kier alpha value is -1.29. The van der Waals surface area contributed by atoms with Gasteiger partial charge in [0.15, 0.2) is 0 Å². The molecular weight excluding hydrogens is 326 g/mol. The van der Waals surface area contributed by atoms with Gasteiger partial charge in [0, 0.05) is 35.2 Å². The highest BCUT2D eigenvalue weighted by molar-refractivity contribution is 9.10. The summed E-state index contributed by atoms with van der Waals surface area (Å²) in [5, 5.41) is 8.17. The number of nitrogens with one attached hydrogen (secondary N) is 1. The summed E-state index contributed by atoms with van der Waals surface area (Å²) >= 11 is 3.65. The minimum Gasteiger partial charge on any atom is -0.380 e. The molecule has 0 fully saturated rings. The van der Waals surface area contributed by atoms with Crippen molar-refractivity contribution in [2.24, 2.45) is 7.05 Å². The van der Waals surface area contributed by atoms with E-state index in [1.807, 2.05) is 11.7 Å². The Bertz CT molecular complexity index is 628. The molecule has 0 saturated carbocycles. The first-order chi connectivity index (χ1) is 9.68. The average Bonchev–Trinajstić information content (AvgIpc) is 2.69. The fraction of sp³-hybridized carbons (Fsp3) is 0.471. The van der Waals surface area contributed by atoms with Crippen molar-refractivity contribution in [2.75, 3.05) is 5.32 Å². The Balaban J connectivity index is 2.25. The fourth-order valence-electron chi connectivity index (χ4n) is 2.62. The number of hydrogen-bond donors (Lipinski definition) is 1. The summed E-state index contributed by atoms with van der Waals surface area (Å²) in [6.45, 7) is 11.6. The SMILES string of the molecule is Cc1cc(C)c(NCc2cn(C)nc2C(C)(C)C)c(Br)c1. The van der Waals surface area contributed by atoms with E-state index in [-0.39, 0.29) is 5.41 Å². The number of aryl methyl sites for hydroxylation is 3. The van der Waals surface area contributed by atoms with Crippen molar-refractivity contribution in [3.05, 3.63) is 45.2 Å². The number of rotatable bonds is 3. The van der Waals surface area contributed by atoms with Gasteiger partial charge in [-0.2, -0.15) is 5.10 Å². The summed E-state index contributed by atoms with van der Waals surface area (Å²) < 4.78 is 3.01. The van der Waals surface area contributed by atoms with Crippen LogP contribution in [0.25, 0.3) is 0 Å². The van der Waals surface area contributed by atoms with Crippen molar-refractivity contribution < 1.29 is 0 Å². The second-order valence-corrected chi connectivity index (χ2v) is 7.57. The lowest BCUT2D eigenvalue weighted by atomic mass is 9.89. The van der Waals surface area contributed by atoms with Crippen molar-refractivity contribution in [2.45, 2.75) is 46.6 Å². The largest absolute Gasteiger partial charge is 0.380 e. The van der Waals surface area contributed by atoms with Crippen molar-refractivity contribution in [3.63, 3.8) is 0 Å². The molecule has 1 heterocycles. The second-order valence-electron chi connectivity index (χ2n) is 6.72. The smallest absolute Gasteiger partial charge is 0.0727 e. The van der Waals surface area contributed by atoms with E-state index in [0.29, 0.717) is 0 Å². The molecule has 2 rings (SSSR count). The molecule has 0 bridgehead atoms. The molecule has 0 radical (unpaired) electrons. The van der Waals surface area contributed by atoms with Crippen molar-refractivity contribution in [1.29, 1.82) is 0 Å². The van der Waals surface area contributed by atoms with Gasteiger partial charge in [-0.15, -0.1) is 0 Å². The van der Waals surface area contributed by atoms with Gasteiger partial charge in [-0.05, 0) is 47.0 Å². The predicted molar refractivity (Wildman–Crippen MR) is 92.9 cm³/mol. The molecule has 0 amide bonds. The van der Waals surface area contributed by atoms with Crippen LogP contribution in [0.1, 0.15) is 43.2 Å². The molecular formula is C17H24BrN3. The lowest BCUT2D eigenvalue weighted by Crippen LogP contribution is -2.16. The van der Waals surface area contributed by atoms with E-state index in [1.54, 1.807) is 0 Å². The summed E-state index contributed by atoms with van der Waals surface area (Å²) in [6.07, 6.45) is 2.10. The number of halogens is 1. The quantitative estimate of drug-likeness (QED) is 0.869. The molecule has 2 aromatic rings. The van der Waals surface area contributed by atoms with Gasteiger partial charge < -0.3 is 5.32 Å². The molecule has 114 valence electrons. The lowest BCUT2D eigenvalue weighted by Gasteiger charge is -2.18. The topological polar surface area (TPSA) is 29.9 Å². The summed E-state index contributed by atoms with van der Waals surface area (Å²) in [4.78, 5) is 0. The fourth-order valence-corrected chi connectivity index (χ4v) is 3.44. The number of anilines is 1. The zero-order valence-corrected chi connectivity index (χ0v) is 15.3. The van der Waals surface area contributed by atoms with Crippen LogP contribution in [-0.2, 0) is 19.0 Å². The molecule has 0 atom stereocenters. The van der Waals surface area contributed by atoms with Gasteiger partial charge in [-0.25, -0.2) is 0 Å². The maximum Gasteiger partial charge on any atom is 0.0727 e. The van der Waals surface area contributed by atoms with E-state index in [9.17, 15) is 0 Å². The summed E-state index contributed by atoms with van der Waals surface area (Å²) in [7, 11) is 1.98. The van der Waals surface area contributed by atoms with Crippen LogP contribution in [-0.4, -0.2) is 9.78 Å². The normalized spacial score (nSPS) is 11.8. The molecule has 1 aromatic carbocycles. The summed E-state index contributed by atoms with van der Waals surface area (Å²) in [5.41, 5.74) is 6.13. The maximum absolute atomic E-state index is 4.62. The van der Waals surface area contributed by atoms with E-state index in [2.05, 4.69) is 79.3 Å². The Labute approximate surface area is 135 Å². The van der Waals surface area contributed by atoms with E-state index in [4.69, 9.17) is 0 Å². The van der Waals surface area contributed by atoms with E-state index in [0.717, 1.165) is 22.4 Å². The second kappa shape index (κ2) is 5.84. The molecule has 0 aliphatic rings. The first-order valence-electron chi connectivity index (χ1n) is 7.22. The Morgan fingerprint density at radius 2 is 1.90 bits per heavy atom. The molecule has 1 aromatic heterocycles. The highest BCUT2D eigenvalue weighted by atomic mass is 79.9. The van der Waals surface area contributed by atoms with E-state index in [1.165, 1.54) is 16.7 Å². The third-order valence-electron chi connectivity index (χ3n) is 3.50. The van der Waals surface area contributed by atoms with Gasteiger partial charge in [0.05, 0.1) is 11.4 Å². The highest BCUT2D eigenvalue weighted by Gasteiger charge is 2.21. The van der Waals surface area contributed by atoms with Crippen LogP contribution in [0, 0.1) is 13.8 Å². The number of aromatic nitrogens is 2. The van der Waals surface area contributed by atoms with Gasteiger partial charge in [-0.3, -0.25) is 4.68 Å². The van der Waals surface area contributed by atoms with Crippen LogP contribution in [0.4, 0.5) is 5.69 Å². The maximum atomic E-state index is 4.62. The molecule has 0 saturated heterocycles. The highest BCUT2D eigenvalue weighted by Crippen LogP contribution is 2.30. The number of benzene rings is 1. The molecule has 0 aliphatic carbocycles. The summed E-state index contributed by atoms with van der Waals surface area (Å²) in [6, 6.07) is 4.34. The van der Waals surface area contributed by atoms with Gasteiger partial charge >= 0.3 is 0 Å². The first kappa shape index (κ1) is 16.1. The molecule has 0 aliphatic heterocycles. The summed E-state index contributed by atoms with van der Waals surface area (Å²) in [5.74, 6) is 0. The first-order valence-corrected chi connectivity index (χ1v) is 8.01. The van der Waals surface area contributed by atoms with Crippen LogP contribution in [0.3, 0.4) is 0 Å². The van der Waals surface area contributed by atoms with Gasteiger partial charge in [0.25, 0.3) is 0 Å². The Morgan fingerprint density at radius 1 is 1.24 bits per heavy atom. The zero-order chi connectivity index (χ0) is 15.8. The van der Waals surface area contributed by atoms with Gasteiger partial charge in [-0.1, -0.05) is 26.8 Å². The minimum atomic E-state index is 0.0534. The van der Waals surface area contributed by atoms with Crippen molar-refractivity contribution in [3.8, 4) is 0 Å².